The summed E-state index contributed by atoms with van der Waals surface area (Å²) in [6.07, 6.45) is 2.94. The van der Waals surface area contributed by atoms with Gasteiger partial charge in [-0.15, -0.1) is 0 Å². The lowest BCUT2D eigenvalue weighted by atomic mass is 9.98. The summed E-state index contributed by atoms with van der Waals surface area (Å²) in [6.45, 7) is -0.583. The van der Waals surface area contributed by atoms with Gasteiger partial charge in [0.1, 0.15) is 17.8 Å². The number of nitrogens with one attached hydrogen (secondary N) is 2. The van der Waals surface area contributed by atoms with Crippen LogP contribution in [0.5, 0.6) is 5.75 Å². The Balaban J connectivity index is 1.55. The summed E-state index contributed by atoms with van der Waals surface area (Å²) in [6, 6.07) is 6.31. The van der Waals surface area contributed by atoms with Crippen LogP contribution < -0.4 is 15.4 Å². The normalized spacial score (nSPS) is 17.6. The monoisotopic (exact) mass is 388 g/mol. The molecule has 2 fully saturated rings. The molecular formula is C19H24N4O5. The van der Waals surface area contributed by atoms with Crippen molar-refractivity contribution in [2.24, 2.45) is 0 Å². The number of urea groups is 1. The van der Waals surface area contributed by atoms with Gasteiger partial charge in [-0.1, -0.05) is 18.9 Å². The molecule has 0 radical (unpaired) electrons. The fourth-order valence-corrected chi connectivity index (χ4v) is 3.60. The number of hydrogen-bond donors (Lipinski definition) is 2. The van der Waals surface area contributed by atoms with Gasteiger partial charge in [-0.25, -0.2) is 4.79 Å². The molecule has 1 heterocycles. The third-order valence-electron chi connectivity index (χ3n) is 5.16. The quantitative estimate of drug-likeness (QED) is 0.706. The molecule has 1 saturated heterocycles. The average Bonchev–Trinajstić information content (AvgIpc) is 3.22. The molecule has 0 atom stereocenters. The maximum atomic E-state index is 12.6. The van der Waals surface area contributed by atoms with E-state index in [0.717, 1.165) is 17.7 Å². The van der Waals surface area contributed by atoms with Gasteiger partial charge in [-0.3, -0.25) is 19.3 Å². The maximum Gasteiger partial charge on any atom is 0.325 e. The van der Waals surface area contributed by atoms with Gasteiger partial charge in [-0.05, 0) is 25.0 Å². The highest BCUT2D eigenvalue weighted by molar-refractivity contribution is 6.09. The maximum absolute atomic E-state index is 12.6. The van der Waals surface area contributed by atoms with Gasteiger partial charge in [0.15, 0.2) is 0 Å². The summed E-state index contributed by atoms with van der Waals surface area (Å²) in [5.74, 6) is -0.632. The minimum atomic E-state index is -0.848. The van der Waals surface area contributed by atoms with Crippen molar-refractivity contribution >= 4 is 29.4 Å². The summed E-state index contributed by atoms with van der Waals surface area (Å²) >= 11 is 0. The molecule has 28 heavy (non-hydrogen) atoms. The second-order valence-corrected chi connectivity index (χ2v) is 7.14. The zero-order valence-corrected chi connectivity index (χ0v) is 16.0. The van der Waals surface area contributed by atoms with Crippen LogP contribution in [0.2, 0.25) is 0 Å². The van der Waals surface area contributed by atoms with Crippen molar-refractivity contribution in [3.63, 3.8) is 0 Å². The highest BCUT2D eigenvalue weighted by Crippen LogP contribution is 2.34. The number of benzene rings is 1. The standard InChI is InChI=1S/C19H24N4O5/c1-22(11-15(24)20-13-6-5-7-14(10-13)28-2)16(25)12-23-17(26)19(21-18(23)27)8-3-4-9-19/h5-7,10H,3-4,8-9,11-12H2,1-2H3,(H,20,24)(H,21,27). The number of ether oxygens (including phenoxy) is 1. The van der Waals surface area contributed by atoms with E-state index >= 15 is 0 Å². The lowest BCUT2D eigenvalue weighted by Crippen LogP contribution is -2.46. The van der Waals surface area contributed by atoms with Gasteiger partial charge in [0.2, 0.25) is 11.8 Å². The zero-order chi connectivity index (χ0) is 20.3. The van der Waals surface area contributed by atoms with Crippen LogP contribution in [0.4, 0.5) is 10.5 Å². The number of hydrogen-bond acceptors (Lipinski definition) is 5. The molecule has 0 bridgehead atoms. The minimum absolute atomic E-state index is 0.204. The Morgan fingerprint density at radius 1 is 1.29 bits per heavy atom. The molecule has 1 aromatic carbocycles. The molecule has 1 aliphatic carbocycles. The van der Waals surface area contributed by atoms with Crippen LogP contribution in [0.1, 0.15) is 25.7 Å². The second-order valence-electron chi connectivity index (χ2n) is 7.14. The largest absolute Gasteiger partial charge is 0.497 e. The van der Waals surface area contributed by atoms with Crippen molar-refractivity contribution < 1.29 is 23.9 Å². The molecule has 9 heteroatoms. The van der Waals surface area contributed by atoms with Crippen LogP contribution in [0.15, 0.2) is 24.3 Å². The van der Waals surface area contributed by atoms with E-state index in [1.165, 1.54) is 19.1 Å². The Morgan fingerprint density at radius 2 is 2.00 bits per heavy atom. The molecule has 0 aromatic heterocycles. The van der Waals surface area contributed by atoms with Gasteiger partial charge in [0, 0.05) is 18.8 Å². The van der Waals surface area contributed by atoms with E-state index in [9.17, 15) is 19.2 Å². The SMILES string of the molecule is COc1cccc(NC(=O)CN(C)C(=O)CN2C(=O)NC3(CCCC3)C2=O)c1. The lowest BCUT2D eigenvalue weighted by Gasteiger charge is -2.22. The van der Waals surface area contributed by atoms with Gasteiger partial charge < -0.3 is 20.3 Å². The molecule has 150 valence electrons. The number of likely N-dealkylation sites (N-methyl/N-ethyl adjacent to an activating group) is 1. The summed E-state index contributed by atoms with van der Waals surface area (Å²) in [4.78, 5) is 51.5. The predicted octanol–water partition coefficient (Wildman–Crippen LogP) is 0.957. The fraction of sp³-hybridized carbons (Fsp3) is 0.474. The van der Waals surface area contributed by atoms with Crippen LogP contribution >= 0.6 is 0 Å². The van der Waals surface area contributed by atoms with Crippen LogP contribution in [0.25, 0.3) is 0 Å². The van der Waals surface area contributed by atoms with E-state index in [1.54, 1.807) is 24.3 Å². The lowest BCUT2D eigenvalue weighted by molar-refractivity contribution is -0.139. The van der Waals surface area contributed by atoms with Gasteiger partial charge in [0.25, 0.3) is 5.91 Å². The Labute approximate surface area is 163 Å². The number of rotatable bonds is 6. The van der Waals surface area contributed by atoms with E-state index in [-0.39, 0.29) is 19.0 Å². The summed E-state index contributed by atoms with van der Waals surface area (Å²) < 4.78 is 5.10. The number of anilines is 1. The molecule has 1 spiro atoms. The molecule has 1 aliphatic heterocycles. The highest BCUT2D eigenvalue weighted by atomic mass is 16.5. The molecule has 9 nitrogen and oxygen atoms in total. The van der Waals surface area contributed by atoms with Crippen molar-refractivity contribution in [1.82, 2.24) is 15.1 Å². The number of imide groups is 1. The van der Waals surface area contributed by atoms with Crippen molar-refractivity contribution in [3.8, 4) is 5.75 Å². The summed E-state index contributed by atoms with van der Waals surface area (Å²) in [7, 11) is 2.98. The smallest absolute Gasteiger partial charge is 0.325 e. The van der Waals surface area contributed by atoms with Gasteiger partial charge >= 0.3 is 6.03 Å². The average molecular weight is 388 g/mol. The number of carbonyl (C=O) groups excluding carboxylic acids is 4. The first-order valence-corrected chi connectivity index (χ1v) is 9.16. The first-order valence-electron chi connectivity index (χ1n) is 9.16. The number of carbonyl (C=O) groups is 4. The first-order chi connectivity index (χ1) is 13.3. The number of amides is 5. The van der Waals surface area contributed by atoms with Crippen molar-refractivity contribution in [2.45, 2.75) is 31.2 Å². The Hall–Kier alpha value is -3.10. The third-order valence-corrected chi connectivity index (χ3v) is 5.16. The van der Waals surface area contributed by atoms with Gasteiger partial charge in [0.05, 0.1) is 13.7 Å². The molecule has 2 N–H and O–H groups in total. The Morgan fingerprint density at radius 3 is 2.68 bits per heavy atom. The molecule has 5 amide bonds. The van der Waals surface area contributed by atoms with Crippen molar-refractivity contribution in [2.75, 3.05) is 32.6 Å². The Kier molecular flexibility index (Phi) is 5.53. The van der Waals surface area contributed by atoms with Gasteiger partial charge in [-0.2, -0.15) is 0 Å². The molecule has 3 rings (SSSR count). The fourth-order valence-electron chi connectivity index (χ4n) is 3.60. The molecule has 0 unspecified atom stereocenters. The molecule has 1 aromatic rings. The number of nitrogens with zero attached hydrogens (tertiary/aromatic N) is 2. The zero-order valence-electron chi connectivity index (χ0n) is 16.0. The van der Waals surface area contributed by atoms with Crippen LogP contribution in [-0.4, -0.2) is 66.3 Å². The van der Waals surface area contributed by atoms with E-state index in [2.05, 4.69) is 10.6 Å². The van der Waals surface area contributed by atoms with Crippen LogP contribution in [0, 0.1) is 0 Å². The van der Waals surface area contributed by atoms with Crippen LogP contribution in [-0.2, 0) is 14.4 Å². The first kappa shape index (κ1) is 19.7. The Bertz CT molecular complexity index is 803. The summed E-state index contributed by atoms with van der Waals surface area (Å²) in [5, 5.41) is 5.41. The van der Waals surface area contributed by atoms with Crippen LogP contribution in [0.3, 0.4) is 0 Å². The predicted molar refractivity (Wildman–Crippen MR) is 101 cm³/mol. The number of methoxy groups -OCH3 is 1. The van der Waals surface area contributed by atoms with E-state index in [0.29, 0.717) is 24.3 Å². The third kappa shape index (κ3) is 3.92. The van der Waals surface area contributed by atoms with E-state index in [1.807, 2.05) is 0 Å². The minimum Gasteiger partial charge on any atom is -0.497 e. The van der Waals surface area contributed by atoms with E-state index < -0.39 is 23.4 Å². The molecule has 1 saturated carbocycles. The summed E-state index contributed by atoms with van der Waals surface area (Å²) in [5.41, 5.74) is -0.304. The van der Waals surface area contributed by atoms with Crippen molar-refractivity contribution in [1.29, 1.82) is 0 Å². The molecule has 2 aliphatic rings. The van der Waals surface area contributed by atoms with E-state index in [4.69, 9.17) is 4.74 Å². The van der Waals surface area contributed by atoms with Crippen molar-refractivity contribution in [3.05, 3.63) is 24.3 Å². The molecular weight excluding hydrogens is 364 g/mol. The topological polar surface area (TPSA) is 108 Å². The second kappa shape index (κ2) is 7.87. The highest BCUT2D eigenvalue weighted by Gasteiger charge is 2.52.